The predicted molar refractivity (Wildman–Crippen MR) is 138 cm³/mol. The molecule has 6 heteroatoms. The summed E-state index contributed by atoms with van der Waals surface area (Å²) in [5.74, 6) is 4.69. The SMILES string of the molecule is CC[C@H]1CN2CCc3cc(OC)c(OC)cc3[C@@H]2C[C@H]1C[C@H]1NCCc2cc(OC)c(OC)cc21. The van der Waals surface area contributed by atoms with Gasteiger partial charge in [0.15, 0.2) is 23.0 Å². The van der Waals surface area contributed by atoms with Gasteiger partial charge in [0, 0.05) is 25.2 Å². The van der Waals surface area contributed by atoms with Crippen molar-refractivity contribution in [2.45, 2.75) is 51.1 Å². The van der Waals surface area contributed by atoms with Gasteiger partial charge in [-0.3, -0.25) is 4.90 Å². The van der Waals surface area contributed by atoms with Crippen LogP contribution in [0.4, 0.5) is 0 Å². The minimum absolute atomic E-state index is 0.345. The Hall–Kier alpha value is -2.44. The van der Waals surface area contributed by atoms with E-state index in [0.717, 1.165) is 55.4 Å². The second-order valence-corrected chi connectivity index (χ2v) is 10.2. The summed E-state index contributed by atoms with van der Waals surface area (Å²) in [6.07, 6.45) is 5.65. The highest BCUT2D eigenvalue weighted by atomic mass is 16.5. The molecule has 0 aromatic heterocycles. The Balaban J connectivity index is 1.43. The number of rotatable bonds is 7. The molecule has 0 unspecified atom stereocenters. The van der Waals surface area contributed by atoms with Crippen molar-refractivity contribution in [2.75, 3.05) is 48.1 Å². The lowest BCUT2D eigenvalue weighted by Gasteiger charge is -2.48. The van der Waals surface area contributed by atoms with E-state index in [9.17, 15) is 0 Å². The van der Waals surface area contributed by atoms with Crippen LogP contribution in [0, 0.1) is 11.8 Å². The molecule has 2 aromatic carbocycles. The average molecular weight is 481 g/mol. The van der Waals surface area contributed by atoms with Crippen molar-refractivity contribution in [2.24, 2.45) is 11.8 Å². The van der Waals surface area contributed by atoms with E-state index in [4.69, 9.17) is 18.9 Å². The number of nitrogens with zero attached hydrogens (tertiary/aromatic N) is 1. The Bertz CT molecular complexity index is 1050. The van der Waals surface area contributed by atoms with E-state index in [1.165, 1.54) is 41.6 Å². The summed E-state index contributed by atoms with van der Waals surface area (Å²) in [4.78, 5) is 2.72. The summed E-state index contributed by atoms with van der Waals surface area (Å²) in [7, 11) is 6.90. The van der Waals surface area contributed by atoms with E-state index in [0.29, 0.717) is 23.9 Å². The highest BCUT2D eigenvalue weighted by molar-refractivity contribution is 5.50. The van der Waals surface area contributed by atoms with Crippen LogP contribution >= 0.6 is 0 Å². The topological polar surface area (TPSA) is 52.2 Å². The van der Waals surface area contributed by atoms with E-state index in [2.05, 4.69) is 41.4 Å². The summed E-state index contributed by atoms with van der Waals surface area (Å²) in [5.41, 5.74) is 5.60. The van der Waals surface area contributed by atoms with Crippen LogP contribution in [0.2, 0.25) is 0 Å². The summed E-state index contributed by atoms with van der Waals surface area (Å²) >= 11 is 0. The lowest BCUT2D eigenvalue weighted by atomic mass is 9.72. The number of benzene rings is 2. The Labute approximate surface area is 209 Å². The Morgan fingerprint density at radius 3 is 2.03 bits per heavy atom. The first-order valence-corrected chi connectivity index (χ1v) is 13.1. The quantitative estimate of drug-likeness (QED) is 0.606. The maximum absolute atomic E-state index is 5.68. The summed E-state index contributed by atoms with van der Waals surface area (Å²) in [6, 6.07) is 9.61. The van der Waals surface area contributed by atoms with Crippen LogP contribution < -0.4 is 24.3 Å². The number of methoxy groups -OCH3 is 4. The number of nitrogens with one attached hydrogen (secondary N) is 1. The Kier molecular flexibility index (Phi) is 7.12. The van der Waals surface area contributed by atoms with Crippen LogP contribution in [0.3, 0.4) is 0 Å². The number of hydrogen-bond acceptors (Lipinski definition) is 6. The largest absolute Gasteiger partial charge is 0.493 e. The van der Waals surface area contributed by atoms with Crippen molar-refractivity contribution in [3.63, 3.8) is 0 Å². The van der Waals surface area contributed by atoms with E-state index >= 15 is 0 Å². The van der Waals surface area contributed by atoms with Gasteiger partial charge < -0.3 is 24.3 Å². The van der Waals surface area contributed by atoms with Crippen molar-refractivity contribution in [3.8, 4) is 23.0 Å². The van der Waals surface area contributed by atoms with Gasteiger partial charge in [0.25, 0.3) is 0 Å². The predicted octanol–water partition coefficient (Wildman–Crippen LogP) is 4.94. The van der Waals surface area contributed by atoms with Gasteiger partial charge in [0.05, 0.1) is 28.4 Å². The van der Waals surface area contributed by atoms with Gasteiger partial charge >= 0.3 is 0 Å². The molecule has 3 aliphatic heterocycles. The molecule has 2 aromatic rings. The molecule has 0 radical (unpaired) electrons. The minimum atomic E-state index is 0.345. The summed E-state index contributed by atoms with van der Waals surface area (Å²) in [5, 5.41) is 3.83. The molecule has 3 heterocycles. The third-order valence-corrected chi connectivity index (χ3v) is 8.64. The average Bonchev–Trinajstić information content (AvgIpc) is 2.91. The molecule has 0 spiro atoms. The molecule has 35 heavy (non-hydrogen) atoms. The fraction of sp³-hybridized carbons (Fsp3) is 0.586. The smallest absolute Gasteiger partial charge is 0.161 e. The molecule has 3 aliphatic rings. The third kappa shape index (κ3) is 4.47. The van der Waals surface area contributed by atoms with E-state index in [-0.39, 0.29) is 0 Å². The molecule has 5 rings (SSSR count). The van der Waals surface area contributed by atoms with E-state index in [1.807, 2.05) is 0 Å². The normalized spacial score (nSPS) is 25.7. The van der Waals surface area contributed by atoms with Crippen molar-refractivity contribution < 1.29 is 18.9 Å². The molecule has 190 valence electrons. The maximum atomic E-state index is 5.68. The van der Waals surface area contributed by atoms with Crippen molar-refractivity contribution in [1.29, 1.82) is 0 Å². The van der Waals surface area contributed by atoms with Gasteiger partial charge in [-0.1, -0.05) is 13.3 Å². The van der Waals surface area contributed by atoms with E-state index in [1.54, 1.807) is 28.4 Å². The fourth-order valence-corrected chi connectivity index (χ4v) is 6.74. The standard InChI is InChI=1S/C29H40N2O4/c1-6-18-17-31-10-8-20-14-27(33-3)29(35-5)16-23(20)25(31)12-21(18)11-24-22-15-28(34-4)26(32-2)13-19(22)7-9-30-24/h13-16,18,21,24-25,30H,6-12,17H2,1-5H3/t18-,21+,24+,25-/m0/s1. The number of hydrogen-bond donors (Lipinski definition) is 1. The van der Waals surface area contributed by atoms with Crippen LogP contribution in [0.15, 0.2) is 24.3 Å². The third-order valence-electron chi connectivity index (χ3n) is 8.64. The molecule has 1 fully saturated rings. The number of fused-ring (bicyclic) bond motifs is 4. The summed E-state index contributed by atoms with van der Waals surface area (Å²) < 4.78 is 22.5. The zero-order valence-electron chi connectivity index (χ0n) is 21.9. The molecule has 1 saturated heterocycles. The molecule has 0 amide bonds. The van der Waals surface area contributed by atoms with Crippen molar-refractivity contribution in [1.82, 2.24) is 10.2 Å². The molecule has 6 nitrogen and oxygen atoms in total. The van der Waals surface area contributed by atoms with Crippen LogP contribution in [-0.2, 0) is 12.8 Å². The zero-order chi connectivity index (χ0) is 24.5. The lowest BCUT2D eigenvalue weighted by Crippen LogP contribution is -2.46. The second-order valence-electron chi connectivity index (χ2n) is 10.2. The van der Waals surface area contributed by atoms with Gasteiger partial charge in [0.2, 0.25) is 0 Å². The van der Waals surface area contributed by atoms with Gasteiger partial charge in [-0.25, -0.2) is 0 Å². The van der Waals surface area contributed by atoms with E-state index < -0.39 is 0 Å². The molecular formula is C29H40N2O4. The Morgan fingerprint density at radius 1 is 0.800 bits per heavy atom. The fourth-order valence-electron chi connectivity index (χ4n) is 6.74. The molecule has 0 saturated carbocycles. The number of ether oxygens (including phenoxy) is 4. The van der Waals surface area contributed by atoms with Crippen LogP contribution in [0.5, 0.6) is 23.0 Å². The minimum Gasteiger partial charge on any atom is -0.493 e. The molecule has 0 bridgehead atoms. The zero-order valence-corrected chi connectivity index (χ0v) is 21.9. The first kappa shape index (κ1) is 24.3. The second kappa shape index (κ2) is 10.3. The van der Waals surface area contributed by atoms with Gasteiger partial charge in [-0.15, -0.1) is 0 Å². The maximum Gasteiger partial charge on any atom is 0.161 e. The number of piperidine rings is 1. The molecule has 4 atom stereocenters. The van der Waals surface area contributed by atoms with Crippen LogP contribution in [-0.4, -0.2) is 53.0 Å². The summed E-state index contributed by atoms with van der Waals surface area (Å²) in [6.45, 7) is 5.66. The highest BCUT2D eigenvalue weighted by Crippen LogP contribution is 2.48. The molecular weight excluding hydrogens is 440 g/mol. The van der Waals surface area contributed by atoms with Crippen LogP contribution in [0.1, 0.15) is 60.5 Å². The Morgan fingerprint density at radius 2 is 1.40 bits per heavy atom. The van der Waals surface area contributed by atoms with Gasteiger partial charge in [-0.2, -0.15) is 0 Å². The van der Waals surface area contributed by atoms with Gasteiger partial charge in [-0.05, 0) is 90.6 Å². The lowest BCUT2D eigenvalue weighted by molar-refractivity contribution is 0.0434. The van der Waals surface area contributed by atoms with Crippen molar-refractivity contribution in [3.05, 3.63) is 46.5 Å². The monoisotopic (exact) mass is 480 g/mol. The van der Waals surface area contributed by atoms with Crippen LogP contribution in [0.25, 0.3) is 0 Å². The van der Waals surface area contributed by atoms with Crippen molar-refractivity contribution >= 4 is 0 Å². The first-order valence-electron chi connectivity index (χ1n) is 13.1. The molecule has 1 N–H and O–H groups in total. The first-order chi connectivity index (χ1) is 17.1. The van der Waals surface area contributed by atoms with Gasteiger partial charge in [0.1, 0.15) is 0 Å². The highest BCUT2D eigenvalue weighted by Gasteiger charge is 2.40. The molecule has 0 aliphatic carbocycles.